The van der Waals surface area contributed by atoms with Gasteiger partial charge in [-0.2, -0.15) is 9.29 Å². The molecule has 3 unspecified atom stereocenters. The van der Waals surface area contributed by atoms with Gasteiger partial charge in [-0.1, -0.05) is 140 Å². The van der Waals surface area contributed by atoms with Crippen molar-refractivity contribution in [1.82, 2.24) is 9.55 Å². The Balaban J connectivity index is 1.87. The molecular formula is C47H79N3O16P2. The SMILES string of the molecule is CCCCC/C=C\C/C=C\CC(O)/C=C\C=C\CCCC(=O)O[C@H](COC(=O)CCCCCCCCCCCC(C)C)COP(=O)(O)OP(=O)(O)OC[C@H]1O[C@@H](n2ccc(N)nc2=O)[C@H](O)[C@@H]1O. The van der Waals surface area contributed by atoms with Crippen LogP contribution < -0.4 is 11.4 Å². The number of nitrogens with zero attached hydrogens (tertiary/aromatic N) is 2. The Morgan fingerprint density at radius 3 is 2.16 bits per heavy atom. The smallest absolute Gasteiger partial charge is 0.462 e. The molecule has 0 amide bonds. The van der Waals surface area contributed by atoms with E-state index in [0.29, 0.717) is 25.7 Å². The Hall–Kier alpha value is -3.32. The summed E-state index contributed by atoms with van der Waals surface area (Å²) >= 11 is 0. The number of carbonyl (C=O) groups is 2. The molecule has 0 radical (unpaired) electrons. The third kappa shape index (κ3) is 28.4. The van der Waals surface area contributed by atoms with Crippen molar-refractivity contribution >= 4 is 33.4 Å². The largest absolute Gasteiger partial charge is 0.481 e. The maximum atomic E-state index is 12.8. The Bertz CT molecular complexity index is 1860. The van der Waals surface area contributed by atoms with E-state index < -0.39 is 89.8 Å². The fraction of sp³-hybridized carbons (Fsp3) is 0.702. The summed E-state index contributed by atoms with van der Waals surface area (Å²) in [6, 6.07) is 1.24. The Labute approximate surface area is 402 Å². The number of carbonyl (C=O) groups excluding carboxylic acids is 2. The van der Waals surface area contributed by atoms with Crippen LogP contribution in [0.25, 0.3) is 0 Å². The number of aliphatic hydroxyl groups excluding tert-OH is 3. The molecule has 0 bridgehead atoms. The lowest BCUT2D eigenvalue weighted by molar-refractivity contribution is -0.161. The maximum Gasteiger partial charge on any atom is 0.481 e. The molecule has 2 rings (SSSR count). The van der Waals surface area contributed by atoms with Crippen LogP contribution in [0.2, 0.25) is 0 Å². The number of nitrogen functional groups attached to an aromatic ring is 1. The molecule has 19 nitrogen and oxygen atoms in total. The van der Waals surface area contributed by atoms with Gasteiger partial charge in [-0.15, -0.1) is 0 Å². The van der Waals surface area contributed by atoms with Crippen molar-refractivity contribution < 1.29 is 71.4 Å². The van der Waals surface area contributed by atoms with Crippen LogP contribution in [0.1, 0.15) is 155 Å². The topological polar surface area (TPSA) is 286 Å². The second-order valence-electron chi connectivity index (χ2n) is 17.3. The highest BCUT2D eigenvalue weighted by molar-refractivity contribution is 7.61. The van der Waals surface area contributed by atoms with Crippen LogP contribution in [0, 0.1) is 5.92 Å². The van der Waals surface area contributed by atoms with Crippen molar-refractivity contribution in [3.8, 4) is 0 Å². The number of esters is 2. The van der Waals surface area contributed by atoms with Crippen LogP contribution in [0.5, 0.6) is 0 Å². The lowest BCUT2D eigenvalue weighted by Crippen LogP contribution is -2.36. The first-order valence-corrected chi connectivity index (χ1v) is 27.1. The number of nitrogens with two attached hydrogens (primary N) is 1. The summed E-state index contributed by atoms with van der Waals surface area (Å²) < 4.78 is 56.5. The minimum Gasteiger partial charge on any atom is -0.462 e. The van der Waals surface area contributed by atoms with E-state index >= 15 is 0 Å². The molecule has 68 heavy (non-hydrogen) atoms. The van der Waals surface area contributed by atoms with Gasteiger partial charge >= 0.3 is 33.3 Å². The molecule has 1 saturated heterocycles. The highest BCUT2D eigenvalue weighted by Gasteiger charge is 2.46. The number of anilines is 1. The number of unbranched alkanes of at least 4 members (excludes halogenated alkanes) is 12. The van der Waals surface area contributed by atoms with Gasteiger partial charge in [0.1, 0.15) is 30.7 Å². The van der Waals surface area contributed by atoms with Crippen LogP contribution in [0.15, 0.2) is 65.7 Å². The predicted molar refractivity (Wildman–Crippen MR) is 258 cm³/mol. The van der Waals surface area contributed by atoms with Crippen LogP contribution >= 0.6 is 15.6 Å². The lowest BCUT2D eigenvalue weighted by atomic mass is 10.0. The second kappa shape index (κ2) is 34.9. The zero-order valence-corrected chi connectivity index (χ0v) is 42.0. The van der Waals surface area contributed by atoms with E-state index in [2.05, 4.69) is 42.2 Å². The number of aliphatic hydroxyl groups is 3. The quantitative estimate of drug-likeness (QED) is 0.0120. The van der Waals surface area contributed by atoms with Crippen molar-refractivity contribution in [2.75, 3.05) is 25.6 Å². The first-order chi connectivity index (χ1) is 32.4. The van der Waals surface area contributed by atoms with E-state index in [1.54, 1.807) is 24.3 Å². The summed E-state index contributed by atoms with van der Waals surface area (Å²) in [7, 11) is -10.9. The Morgan fingerprint density at radius 1 is 0.824 bits per heavy atom. The average molecular weight is 1000 g/mol. The number of allylic oxidation sites excluding steroid dienone is 6. The number of phosphoric acid groups is 2. The maximum absolute atomic E-state index is 12.8. The fourth-order valence-electron chi connectivity index (χ4n) is 6.86. The zero-order chi connectivity index (χ0) is 50.2. The Kier molecular flexibility index (Phi) is 31.2. The fourth-order valence-corrected chi connectivity index (χ4v) is 8.97. The van der Waals surface area contributed by atoms with Crippen molar-refractivity contribution in [3.63, 3.8) is 0 Å². The highest BCUT2D eigenvalue weighted by Crippen LogP contribution is 2.60. The van der Waals surface area contributed by atoms with E-state index in [1.807, 2.05) is 12.2 Å². The standard InChI is InChI=1S/C47H79N3O16P2/c1-4-5-6-7-8-10-14-18-23-28-38(51)29-24-19-16-21-26-31-43(53)64-39(34-61-42(52)30-25-20-15-12-9-11-13-17-22-27-37(2)3)35-62-67(57,58)66-68(59,60)63-36-40-44(54)45(55)46(65-40)50-33-32-41(48)49-47(50)56/h8,10,16,18-19,23-24,29,32-33,37-40,44-46,51,54-55H,4-7,9,11-15,17,20-22,25-28,30-31,34-36H2,1-3H3,(H,57,58)(H,59,60)(H2,48,49,56)/b10-8-,19-16+,23-18-,29-24-/t38?,39-,40-,44-,45-,46-/m1/s1. The normalized spacial score (nSPS) is 20.4. The molecule has 8 atom stereocenters. The molecule has 0 spiro atoms. The molecule has 1 aromatic heterocycles. The van der Waals surface area contributed by atoms with Crippen molar-refractivity contribution in [2.45, 2.75) is 186 Å². The summed E-state index contributed by atoms with van der Waals surface area (Å²) in [5.41, 5.74) is 4.57. The number of phosphoric ester groups is 2. The van der Waals surface area contributed by atoms with Gasteiger partial charge in [-0.05, 0) is 56.9 Å². The molecule has 1 aliphatic rings. The van der Waals surface area contributed by atoms with Gasteiger partial charge in [0, 0.05) is 19.0 Å². The van der Waals surface area contributed by atoms with Gasteiger partial charge < -0.3 is 45.1 Å². The van der Waals surface area contributed by atoms with Gasteiger partial charge in [0.25, 0.3) is 0 Å². The Morgan fingerprint density at radius 2 is 1.47 bits per heavy atom. The number of rotatable bonds is 38. The monoisotopic (exact) mass is 1000 g/mol. The van der Waals surface area contributed by atoms with E-state index in [9.17, 15) is 48.6 Å². The van der Waals surface area contributed by atoms with Crippen LogP contribution in [0.3, 0.4) is 0 Å². The molecule has 1 aromatic rings. The van der Waals surface area contributed by atoms with Gasteiger partial charge in [0.15, 0.2) is 12.3 Å². The molecule has 1 fully saturated rings. The van der Waals surface area contributed by atoms with Crippen molar-refractivity contribution in [1.29, 1.82) is 0 Å². The molecule has 0 saturated carbocycles. The molecule has 1 aliphatic heterocycles. The zero-order valence-electron chi connectivity index (χ0n) is 40.2. The summed E-state index contributed by atoms with van der Waals surface area (Å²) in [4.78, 5) is 61.7. The molecule has 0 aromatic carbocycles. The summed E-state index contributed by atoms with van der Waals surface area (Å²) in [5.74, 6) is -0.708. The highest BCUT2D eigenvalue weighted by atomic mass is 31.3. The first kappa shape index (κ1) is 60.8. The van der Waals surface area contributed by atoms with Gasteiger partial charge in [0.05, 0.1) is 19.3 Å². The van der Waals surface area contributed by atoms with Crippen molar-refractivity contribution in [3.05, 3.63) is 71.4 Å². The van der Waals surface area contributed by atoms with Crippen LogP contribution in [-0.4, -0.2) is 96.9 Å². The summed E-state index contributed by atoms with van der Waals surface area (Å²) in [5, 5.41) is 31.1. The predicted octanol–water partition coefficient (Wildman–Crippen LogP) is 8.21. The minimum absolute atomic E-state index is 0.0853. The van der Waals surface area contributed by atoms with E-state index in [-0.39, 0.29) is 18.7 Å². The van der Waals surface area contributed by atoms with Gasteiger partial charge in [-0.3, -0.25) is 23.2 Å². The van der Waals surface area contributed by atoms with Gasteiger partial charge in [-0.25, -0.2) is 13.9 Å². The molecular weight excluding hydrogens is 924 g/mol. The van der Waals surface area contributed by atoms with Gasteiger partial charge in [0.2, 0.25) is 0 Å². The van der Waals surface area contributed by atoms with E-state index in [1.165, 1.54) is 57.4 Å². The summed E-state index contributed by atoms with van der Waals surface area (Å²) in [6.07, 6.45) is 25.4. The lowest BCUT2D eigenvalue weighted by Gasteiger charge is -2.21. The van der Waals surface area contributed by atoms with Crippen LogP contribution in [-0.2, 0) is 46.3 Å². The minimum atomic E-state index is -5.45. The van der Waals surface area contributed by atoms with E-state index in [4.69, 9.17) is 29.0 Å². The first-order valence-electron chi connectivity index (χ1n) is 24.1. The second-order valence-corrected chi connectivity index (χ2v) is 20.3. The number of hydrogen-bond donors (Lipinski definition) is 6. The molecule has 2 heterocycles. The molecule has 7 N–H and O–H groups in total. The number of ether oxygens (including phenoxy) is 3. The third-order valence-corrected chi connectivity index (χ3v) is 13.3. The molecule has 21 heteroatoms. The number of aromatic nitrogens is 2. The van der Waals surface area contributed by atoms with Crippen LogP contribution in [0.4, 0.5) is 5.82 Å². The molecule has 388 valence electrons. The van der Waals surface area contributed by atoms with Crippen molar-refractivity contribution in [2.24, 2.45) is 5.92 Å². The average Bonchev–Trinajstić information content (AvgIpc) is 3.55. The number of hydrogen-bond acceptors (Lipinski definition) is 16. The third-order valence-electron chi connectivity index (χ3n) is 10.7. The summed E-state index contributed by atoms with van der Waals surface area (Å²) in [6.45, 7) is 4.23. The van der Waals surface area contributed by atoms with E-state index in [0.717, 1.165) is 55.2 Å². The molecule has 0 aliphatic carbocycles.